The number of carbonyl (C=O) groups excluding carboxylic acids is 1. The zero-order valence-corrected chi connectivity index (χ0v) is 10.3. The molecule has 3 nitrogen and oxygen atoms in total. The Morgan fingerprint density at radius 3 is 2.76 bits per heavy atom. The lowest BCUT2D eigenvalue weighted by Crippen LogP contribution is -2.29. The summed E-state index contributed by atoms with van der Waals surface area (Å²) in [6, 6.07) is 3.61. The Hall–Kier alpha value is -1.38. The number of hydrogen-bond acceptors (Lipinski definition) is 2. The van der Waals surface area contributed by atoms with Gasteiger partial charge < -0.3 is 4.57 Å². The molecule has 1 saturated carbocycles. The van der Waals surface area contributed by atoms with Crippen LogP contribution in [0, 0.1) is 12.8 Å². The largest absolute Gasteiger partial charge is 0.308 e. The van der Waals surface area contributed by atoms with Crippen molar-refractivity contribution in [3.63, 3.8) is 0 Å². The van der Waals surface area contributed by atoms with Crippen molar-refractivity contribution < 1.29 is 4.79 Å². The smallest absolute Gasteiger partial charge is 0.253 e. The minimum Gasteiger partial charge on any atom is -0.308 e. The van der Waals surface area contributed by atoms with Crippen LogP contribution >= 0.6 is 0 Å². The van der Waals surface area contributed by atoms with Crippen molar-refractivity contribution in [2.24, 2.45) is 5.92 Å². The molecule has 1 aliphatic carbocycles. The number of aryl methyl sites for hydroxylation is 1. The van der Waals surface area contributed by atoms with Crippen LogP contribution in [0.15, 0.2) is 23.1 Å². The normalized spacial score (nSPS) is 17.0. The van der Waals surface area contributed by atoms with E-state index in [1.54, 1.807) is 19.2 Å². The molecule has 1 aromatic heterocycles. The van der Waals surface area contributed by atoms with Crippen LogP contribution in [0.25, 0.3) is 0 Å². The highest BCUT2D eigenvalue weighted by Crippen LogP contribution is 2.24. The van der Waals surface area contributed by atoms with Gasteiger partial charge in [-0.3, -0.25) is 9.59 Å². The summed E-state index contributed by atoms with van der Waals surface area (Å²) in [6.45, 7) is 2.02. The average Bonchev–Trinajstić information content (AvgIpc) is 2.36. The van der Waals surface area contributed by atoms with Crippen molar-refractivity contribution >= 4 is 5.78 Å². The molecule has 0 amide bonds. The van der Waals surface area contributed by atoms with Gasteiger partial charge in [0.25, 0.3) is 5.56 Å². The molecular formula is C14H19NO2. The first-order valence-corrected chi connectivity index (χ1v) is 6.37. The molecule has 0 saturated heterocycles. The van der Waals surface area contributed by atoms with Gasteiger partial charge in [-0.15, -0.1) is 0 Å². The Morgan fingerprint density at radius 2 is 2.06 bits per heavy atom. The van der Waals surface area contributed by atoms with Gasteiger partial charge in [0.15, 0.2) is 5.78 Å². The Kier molecular flexibility index (Phi) is 3.77. The summed E-state index contributed by atoms with van der Waals surface area (Å²) in [6.07, 6.45) is 7.25. The van der Waals surface area contributed by atoms with Gasteiger partial charge in [-0.1, -0.05) is 25.3 Å². The van der Waals surface area contributed by atoms with Crippen molar-refractivity contribution in [1.29, 1.82) is 0 Å². The van der Waals surface area contributed by atoms with Gasteiger partial charge in [0.1, 0.15) is 0 Å². The molecule has 0 unspecified atom stereocenters. The summed E-state index contributed by atoms with van der Waals surface area (Å²) in [5.41, 5.74) is 0.653. The van der Waals surface area contributed by atoms with Crippen LogP contribution in [0.1, 0.15) is 37.7 Å². The first-order chi connectivity index (χ1) is 8.18. The van der Waals surface area contributed by atoms with Crippen molar-refractivity contribution in [2.75, 3.05) is 0 Å². The molecule has 1 aromatic rings. The zero-order chi connectivity index (χ0) is 12.3. The number of pyridine rings is 1. The van der Waals surface area contributed by atoms with Crippen LogP contribution in [-0.4, -0.2) is 10.4 Å². The van der Waals surface area contributed by atoms with Crippen LogP contribution in [0.2, 0.25) is 0 Å². The summed E-state index contributed by atoms with van der Waals surface area (Å²) in [5.74, 6) is 0.397. The first-order valence-electron chi connectivity index (χ1n) is 6.37. The van der Waals surface area contributed by atoms with Crippen molar-refractivity contribution in [3.05, 3.63) is 34.2 Å². The molecule has 1 heterocycles. The second-order valence-electron chi connectivity index (χ2n) is 4.93. The minimum absolute atomic E-state index is 0.0448. The Balaban J connectivity index is 2.07. The number of rotatable bonds is 3. The van der Waals surface area contributed by atoms with Crippen molar-refractivity contribution in [3.8, 4) is 0 Å². The van der Waals surface area contributed by atoms with E-state index >= 15 is 0 Å². The maximum Gasteiger partial charge on any atom is 0.253 e. The minimum atomic E-state index is -0.0448. The van der Waals surface area contributed by atoms with Gasteiger partial charge >= 0.3 is 0 Å². The summed E-state index contributed by atoms with van der Waals surface area (Å²) in [7, 11) is 0. The molecule has 0 aliphatic heterocycles. The third-order valence-corrected chi connectivity index (χ3v) is 3.60. The molecule has 1 fully saturated rings. The maximum absolute atomic E-state index is 12.1. The number of aromatic nitrogens is 1. The number of carbonyl (C=O) groups is 1. The predicted molar refractivity (Wildman–Crippen MR) is 67.0 cm³/mol. The molecule has 3 heteroatoms. The first kappa shape index (κ1) is 12.1. The van der Waals surface area contributed by atoms with E-state index in [1.807, 2.05) is 6.07 Å². The maximum atomic E-state index is 12.1. The Morgan fingerprint density at radius 1 is 1.35 bits per heavy atom. The average molecular weight is 233 g/mol. The van der Waals surface area contributed by atoms with Crippen LogP contribution < -0.4 is 5.56 Å². The van der Waals surface area contributed by atoms with Gasteiger partial charge in [0.2, 0.25) is 0 Å². The number of hydrogen-bond donors (Lipinski definition) is 0. The van der Waals surface area contributed by atoms with E-state index in [-0.39, 0.29) is 23.8 Å². The highest BCUT2D eigenvalue weighted by molar-refractivity contribution is 5.80. The van der Waals surface area contributed by atoms with Gasteiger partial charge in [-0.25, -0.2) is 0 Å². The van der Waals surface area contributed by atoms with Crippen LogP contribution in [0.4, 0.5) is 0 Å². The Labute approximate surface area is 101 Å². The predicted octanol–water partition coefficient (Wildman–Crippen LogP) is 2.31. The van der Waals surface area contributed by atoms with Gasteiger partial charge in [0.05, 0.1) is 6.54 Å². The fourth-order valence-electron chi connectivity index (χ4n) is 2.50. The molecule has 1 aliphatic rings. The van der Waals surface area contributed by atoms with E-state index in [1.165, 1.54) is 11.0 Å². The van der Waals surface area contributed by atoms with E-state index in [9.17, 15) is 9.59 Å². The van der Waals surface area contributed by atoms with Crippen molar-refractivity contribution in [2.45, 2.75) is 45.6 Å². The second-order valence-corrected chi connectivity index (χ2v) is 4.93. The van der Waals surface area contributed by atoms with E-state index in [2.05, 4.69) is 0 Å². The molecule has 92 valence electrons. The van der Waals surface area contributed by atoms with Gasteiger partial charge in [-0.05, 0) is 25.8 Å². The van der Waals surface area contributed by atoms with Crippen LogP contribution in [0.3, 0.4) is 0 Å². The van der Waals surface area contributed by atoms with Gasteiger partial charge in [0, 0.05) is 17.7 Å². The fraction of sp³-hybridized carbons (Fsp3) is 0.571. The number of Topliss-reactive ketones (excluding diaryl/α,β-unsaturated/α-hetero) is 1. The summed E-state index contributed by atoms with van der Waals surface area (Å²) >= 11 is 0. The van der Waals surface area contributed by atoms with E-state index < -0.39 is 0 Å². The lowest BCUT2D eigenvalue weighted by atomic mass is 9.86. The monoisotopic (exact) mass is 233 g/mol. The second kappa shape index (κ2) is 5.30. The fourth-order valence-corrected chi connectivity index (χ4v) is 2.50. The van der Waals surface area contributed by atoms with Crippen LogP contribution in [0.5, 0.6) is 0 Å². The molecule has 0 aromatic carbocycles. The van der Waals surface area contributed by atoms with E-state index in [4.69, 9.17) is 0 Å². The Bertz CT molecular complexity index is 456. The topological polar surface area (TPSA) is 39.1 Å². The molecule has 17 heavy (non-hydrogen) atoms. The molecule has 2 rings (SSSR count). The molecule has 0 N–H and O–H groups in total. The lowest BCUT2D eigenvalue weighted by molar-refractivity contribution is -0.124. The molecular weight excluding hydrogens is 214 g/mol. The molecule has 0 bridgehead atoms. The molecule has 0 radical (unpaired) electrons. The third kappa shape index (κ3) is 2.84. The molecule has 0 spiro atoms. The highest BCUT2D eigenvalue weighted by atomic mass is 16.1. The molecule has 0 atom stereocenters. The summed E-state index contributed by atoms with van der Waals surface area (Å²) < 4.78 is 1.53. The quantitative estimate of drug-likeness (QED) is 0.803. The zero-order valence-electron chi connectivity index (χ0n) is 10.3. The number of nitrogens with zero attached hydrogens (tertiary/aromatic N) is 1. The highest BCUT2D eigenvalue weighted by Gasteiger charge is 2.21. The van der Waals surface area contributed by atoms with E-state index in [0.717, 1.165) is 25.7 Å². The standard InChI is InChI=1S/C14H19NO2/c1-11-6-5-9-15(14(11)17)10-13(16)12-7-3-2-4-8-12/h5-6,9,12H,2-4,7-8,10H2,1H3. The summed E-state index contributed by atoms with van der Waals surface area (Å²) in [5, 5.41) is 0. The summed E-state index contributed by atoms with van der Waals surface area (Å²) in [4.78, 5) is 23.9. The van der Waals surface area contributed by atoms with Crippen molar-refractivity contribution in [1.82, 2.24) is 4.57 Å². The lowest BCUT2D eigenvalue weighted by Gasteiger charge is -2.20. The van der Waals surface area contributed by atoms with Gasteiger partial charge in [-0.2, -0.15) is 0 Å². The third-order valence-electron chi connectivity index (χ3n) is 3.60. The SMILES string of the molecule is Cc1cccn(CC(=O)C2CCCCC2)c1=O. The van der Waals surface area contributed by atoms with E-state index in [0.29, 0.717) is 5.56 Å². The van der Waals surface area contributed by atoms with Crippen LogP contribution in [-0.2, 0) is 11.3 Å². The number of ketones is 1.